The molecule has 0 fully saturated rings. The molecule has 0 saturated carbocycles. The number of rotatable bonds is 5. The Labute approximate surface area is 119 Å². The number of benzene rings is 1. The molecule has 0 bridgehead atoms. The predicted octanol–water partition coefficient (Wildman–Crippen LogP) is 2.20. The van der Waals surface area contributed by atoms with E-state index in [0.717, 1.165) is 5.56 Å². The van der Waals surface area contributed by atoms with Crippen LogP contribution >= 0.6 is 11.6 Å². The number of hydrogen-bond donors (Lipinski definition) is 2. The molecule has 0 atom stereocenters. The van der Waals surface area contributed by atoms with Gasteiger partial charge in [0.1, 0.15) is 12.4 Å². The van der Waals surface area contributed by atoms with Crippen molar-refractivity contribution in [2.45, 2.75) is 12.5 Å². The normalized spacial score (nSPS) is 10.2. The van der Waals surface area contributed by atoms with Gasteiger partial charge in [-0.1, -0.05) is 30.3 Å². The Morgan fingerprint density at radius 1 is 1.25 bits per heavy atom. The Balaban J connectivity index is 2.28. The zero-order chi connectivity index (χ0) is 14.5. The molecule has 1 aromatic heterocycles. The molecule has 104 valence electrons. The molecule has 7 heteroatoms. The summed E-state index contributed by atoms with van der Waals surface area (Å²) >= 11 is 5.53. The zero-order valence-corrected chi connectivity index (χ0v) is 11.0. The van der Waals surface area contributed by atoms with Crippen LogP contribution in [-0.4, -0.2) is 26.2 Å². The van der Waals surface area contributed by atoms with E-state index in [1.54, 1.807) is 0 Å². The zero-order valence-electron chi connectivity index (χ0n) is 10.3. The largest absolute Gasteiger partial charge is 0.491 e. The van der Waals surface area contributed by atoms with Crippen LogP contribution in [0.15, 0.2) is 30.3 Å². The van der Waals surface area contributed by atoms with Crippen molar-refractivity contribution in [3.63, 3.8) is 0 Å². The molecule has 0 unspecified atom stereocenters. The SMILES string of the molecule is O=C(O)c1nc(CCl)nc(O)c1OCc1ccccc1. The molecule has 0 aliphatic carbocycles. The number of alkyl halides is 1. The smallest absolute Gasteiger partial charge is 0.358 e. The summed E-state index contributed by atoms with van der Waals surface area (Å²) in [5, 5.41) is 18.8. The van der Waals surface area contributed by atoms with Gasteiger partial charge in [0.15, 0.2) is 5.69 Å². The van der Waals surface area contributed by atoms with Crippen LogP contribution in [0.5, 0.6) is 11.6 Å². The van der Waals surface area contributed by atoms with Gasteiger partial charge in [0.25, 0.3) is 5.88 Å². The summed E-state index contributed by atoms with van der Waals surface area (Å²) in [4.78, 5) is 18.5. The van der Waals surface area contributed by atoms with Crippen LogP contribution in [0, 0.1) is 0 Å². The van der Waals surface area contributed by atoms with Crippen molar-refractivity contribution in [2.24, 2.45) is 0 Å². The summed E-state index contributed by atoms with van der Waals surface area (Å²) in [5.41, 5.74) is 0.411. The minimum absolute atomic E-state index is 0.0219. The fraction of sp³-hybridized carbons (Fsp3) is 0.154. The fourth-order valence-corrected chi connectivity index (χ4v) is 1.67. The van der Waals surface area contributed by atoms with Crippen molar-refractivity contribution in [1.29, 1.82) is 0 Å². The number of aromatic carboxylic acids is 1. The Morgan fingerprint density at radius 3 is 2.55 bits per heavy atom. The molecule has 20 heavy (non-hydrogen) atoms. The third-order valence-corrected chi connectivity index (χ3v) is 2.68. The lowest BCUT2D eigenvalue weighted by molar-refractivity contribution is 0.0682. The quantitative estimate of drug-likeness (QED) is 0.821. The van der Waals surface area contributed by atoms with Crippen LogP contribution in [-0.2, 0) is 12.5 Å². The lowest BCUT2D eigenvalue weighted by Gasteiger charge is -2.10. The van der Waals surface area contributed by atoms with E-state index in [2.05, 4.69) is 9.97 Å². The van der Waals surface area contributed by atoms with Crippen LogP contribution in [0.25, 0.3) is 0 Å². The molecular formula is C13H11ClN2O4. The number of halogens is 1. The van der Waals surface area contributed by atoms with Crippen LogP contribution in [0.3, 0.4) is 0 Å². The van der Waals surface area contributed by atoms with E-state index < -0.39 is 17.5 Å². The highest BCUT2D eigenvalue weighted by Crippen LogP contribution is 2.28. The van der Waals surface area contributed by atoms with E-state index in [4.69, 9.17) is 21.4 Å². The van der Waals surface area contributed by atoms with Crippen molar-refractivity contribution in [3.05, 3.63) is 47.4 Å². The molecular weight excluding hydrogens is 284 g/mol. The van der Waals surface area contributed by atoms with Gasteiger partial charge in [-0.3, -0.25) is 0 Å². The number of carboxylic acid groups (broad SMARTS) is 1. The molecule has 2 rings (SSSR count). The van der Waals surface area contributed by atoms with Gasteiger partial charge in [-0.25, -0.2) is 9.78 Å². The second-order valence-corrected chi connectivity index (χ2v) is 4.12. The lowest BCUT2D eigenvalue weighted by atomic mass is 10.2. The topological polar surface area (TPSA) is 92.5 Å². The minimum Gasteiger partial charge on any atom is -0.491 e. The van der Waals surface area contributed by atoms with Gasteiger partial charge in [0, 0.05) is 0 Å². The molecule has 0 aliphatic heterocycles. The first-order valence-corrected chi connectivity index (χ1v) is 6.21. The van der Waals surface area contributed by atoms with Gasteiger partial charge in [0.05, 0.1) is 5.88 Å². The van der Waals surface area contributed by atoms with E-state index in [1.165, 1.54) is 0 Å². The monoisotopic (exact) mass is 294 g/mol. The molecule has 0 aliphatic rings. The lowest BCUT2D eigenvalue weighted by Crippen LogP contribution is -2.09. The number of ether oxygens (including phenoxy) is 1. The molecule has 2 aromatic rings. The Hall–Kier alpha value is -2.34. The Kier molecular flexibility index (Phi) is 4.37. The third kappa shape index (κ3) is 3.16. The number of aromatic nitrogens is 2. The van der Waals surface area contributed by atoms with Gasteiger partial charge >= 0.3 is 5.97 Å². The van der Waals surface area contributed by atoms with Crippen LogP contribution in [0.1, 0.15) is 21.9 Å². The molecule has 0 amide bonds. The van der Waals surface area contributed by atoms with E-state index in [-0.39, 0.29) is 24.1 Å². The first kappa shape index (κ1) is 14.1. The average Bonchev–Trinajstić information content (AvgIpc) is 2.46. The van der Waals surface area contributed by atoms with Crippen molar-refractivity contribution >= 4 is 17.6 Å². The standard InChI is InChI=1S/C13H11ClN2O4/c14-6-9-15-10(13(18)19)11(12(17)16-9)20-7-8-4-2-1-3-5-8/h1-5H,6-7H2,(H,18,19)(H,15,16,17). The van der Waals surface area contributed by atoms with E-state index in [0.29, 0.717) is 0 Å². The highest BCUT2D eigenvalue weighted by atomic mass is 35.5. The van der Waals surface area contributed by atoms with Crippen molar-refractivity contribution < 1.29 is 19.7 Å². The maximum atomic E-state index is 11.1. The van der Waals surface area contributed by atoms with E-state index in [1.807, 2.05) is 30.3 Å². The second kappa shape index (κ2) is 6.21. The number of aromatic hydroxyl groups is 1. The highest BCUT2D eigenvalue weighted by molar-refractivity contribution is 6.16. The maximum absolute atomic E-state index is 11.1. The summed E-state index contributed by atoms with van der Waals surface area (Å²) in [6, 6.07) is 9.12. The van der Waals surface area contributed by atoms with Gasteiger partial charge in [-0.15, -0.1) is 11.6 Å². The Bertz CT molecular complexity index is 619. The van der Waals surface area contributed by atoms with Crippen molar-refractivity contribution in [2.75, 3.05) is 0 Å². The van der Waals surface area contributed by atoms with Crippen LogP contribution in [0.2, 0.25) is 0 Å². The van der Waals surface area contributed by atoms with E-state index in [9.17, 15) is 9.90 Å². The molecule has 1 aromatic carbocycles. The summed E-state index contributed by atoms with van der Waals surface area (Å²) < 4.78 is 5.32. The molecule has 2 N–H and O–H groups in total. The first-order valence-electron chi connectivity index (χ1n) is 5.67. The maximum Gasteiger partial charge on any atom is 0.358 e. The van der Waals surface area contributed by atoms with Crippen LogP contribution < -0.4 is 4.74 Å². The van der Waals surface area contributed by atoms with Gasteiger partial charge in [-0.2, -0.15) is 4.98 Å². The number of carboxylic acids is 1. The molecule has 1 heterocycles. The summed E-state index contributed by atoms with van der Waals surface area (Å²) in [5.74, 6) is -2.21. The van der Waals surface area contributed by atoms with Gasteiger partial charge in [0.2, 0.25) is 5.75 Å². The molecule has 0 saturated heterocycles. The number of nitrogens with zero attached hydrogens (tertiary/aromatic N) is 2. The number of hydrogen-bond acceptors (Lipinski definition) is 5. The average molecular weight is 295 g/mol. The first-order chi connectivity index (χ1) is 9.61. The minimum atomic E-state index is -1.32. The predicted molar refractivity (Wildman–Crippen MR) is 71.0 cm³/mol. The fourth-order valence-electron chi connectivity index (χ4n) is 1.55. The van der Waals surface area contributed by atoms with Gasteiger partial charge in [-0.05, 0) is 5.56 Å². The summed E-state index contributed by atoms with van der Waals surface area (Å²) in [6.07, 6.45) is 0. The van der Waals surface area contributed by atoms with E-state index >= 15 is 0 Å². The summed E-state index contributed by atoms with van der Waals surface area (Å²) in [6.45, 7) is 0.0955. The van der Waals surface area contributed by atoms with Crippen molar-refractivity contribution in [1.82, 2.24) is 9.97 Å². The summed E-state index contributed by atoms with van der Waals surface area (Å²) in [7, 11) is 0. The van der Waals surface area contributed by atoms with Crippen molar-refractivity contribution in [3.8, 4) is 11.6 Å². The third-order valence-electron chi connectivity index (χ3n) is 2.44. The second-order valence-electron chi connectivity index (χ2n) is 3.85. The highest BCUT2D eigenvalue weighted by Gasteiger charge is 2.20. The van der Waals surface area contributed by atoms with Crippen LogP contribution in [0.4, 0.5) is 0 Å². The number of carbonyl (C=O) groups is 1. The molecule has 6 nitrogen and oxygen atoms in total. The van der Waals surface area contributed by atoms with Gasteiger partial charge < -0.3 is 14.9 Å². The Morgan fingerprint density at radius 2 is 1.95 bits per heavy atom. The molecule has 0 radical (unpaired) electrons. The molecule has 0 spiro atoms.